The molecule has 3 rings (SSSR count). The zero-order valence-electron chi connectivity index (χ0n) is 8.93. The number of hydrogen-bond acceptors (Lipinski definition) is 4. The summed E-state index contributed by atoms with van der Waals surface area (Å²) in [5, 5.41) is 2.52. The van der Waals surface area contributed by atoms with E-state index in [0.29, 0.717) is 11.6 Å². The molecule has 0 atom stereocenters. The van der Waals surface area contributed by atoms with Crippen LogP contribution in [0.25, 0.3) is 10.8 Å². The highest BCUT2D eigenvalue weighted by atomic mass is 79.9. The molecule has 0 aliphatic rings. The molecule has 0 spiro atoms. The number of halogens is 2. The highest BCUT2D eigenvalue weighted by Gasteiger charge is 2.08. The molecule has 0 amide bonds. The molecule has 3 aromatic rings. The van der Waals surface area contributed by atoms with Crippen LogP contribution in [-0.2, 0) is 0 Å². The third kappa shape index (κ3) is 2.34. The van der Waals surface area contributed by atoms with Crippen LogP contribution in [-0.4, -0.2) is 8.75 Å². The molecule has 0 N–H and O–H groups in total. The van der Waals surface area contributed by atoms with E-state index >= 15 is 0 Å². The Hall–Kier alpha value is -1.17. The van der Waals surface area contributed by atoms with Crippen molar-refractivity contribution in [2.75, 3.05) is 0 Å². The lowest BCUT2D eigenvalue weighted by molar-refractivity contribution is 0.469. The molecule has 0 unspecified atom stereocenters. The van der Waals surface area contributed by atoms with E-state index < -0.39 is 0 Å². The SMILES string of the molecule is Clc1nsnc1Oc1ccc2cc(Br)ccc2c1. The average Bonchev–Trinajstić information content (AvgIpc) is 2.75. The van der Waals surface area contributed by atoms with Gasteiger partial charge in [0.1, 0.15) is 5.75 Å². The molecule has 1 aromatic heterocycles. The minimum absolute atomic E-state index is 0.288. The van der Waals surface area contributed by atoms with Crippen LogP contribution in [0.3, 0.4) is 0 Å². The maximum Gasteiger partial charge on any atom is 0.270 e. The average molecular weight is 342 g/mol. The molecule has 0 aliphatic heterocycles. The predicted octanol–water partition coefficient (Wildman–Crippen LogP) is 4.90. The molecule has 0 saturated heterocycles. The Morgan fingerprint density at radius 2 is 1.83 bits per heavy atom. The molecule has 3 nitrogen and oxygen atoms in total. The highest BCUT2D eigenvalue weighted by Crippen LogP contribution is 2.29. The molecule has 1 heterocycles. The summed E-state index contributed by atoms with van der Waals surface area (Å²) in [7, 11) is 0. The molecule has 2 aromatic carbocycles. The summed E-state index contributed by atoms with van der Waals surface area (Å²) in [6.45, 7) is 0. The van der Waals surface area contributed by atoms with E-state index in [1.165, 1.54) is 0 Å². The summed E-state index contributed by atoms with van der Waals surface area (Å²) in [6, 6.07) is 11.9. The maximum absolute atomic E-state index is 5.83. The first-order valence-electron chi connectivity index (χ1n) is 5.07. The van der Waals surface area contributed by atoms with Crippen LogP contribution in [0.1, 0.15) is 0 Å². The van der Waals surface area contributed by atoms with Crippen molar-refractivity contribution in [3.63, 3.8) is 0 Å². The topological polar surface area (TPSA) is 35.0 Å². The number of ether oxygens (including phenoxy) is 1. The number of fused-ring (bicyclic) bond motifs is 1. The lowest BCUT2D eigenvalue weighted by Crippen LogP contribution is -1.85. The Balaban J connectivity index is 1.99. The van der Waals surface area contributed by atoms with Gasteiger partial charge in [-0.3, -0.25) is 0 Å². The van der Waals surface area contributed by atoms with E-state index in [4.69, 9.17) is 16.3 Å². The number of hydrogen-bond donors (Lipinski definition) is 0. The molecular weight excluding hydrogens is 336 g/mol. The highest BCUT2D eigenvalue weighted by molar-refractivity contribution is 9.10. The minimum atomic E-state index is 0.288. The molecular formula is C12H6BrClN2OS. The first-order chi connectivity index (χ1) is 8.72. The summed E-state index contributed by atoms with van der Waals surface area (Å²) >= 11 is 10.3. The smallest absolute Gasteiger partial charge is 0.270 e. The number of benzene rings is 2. The summed E-state index contributed by atoms with van der Waals surface area (Å²) < 4.78 is 14.5. The van der Waals surface area contributed by atoms with Crippen molar-refractivity contribution in [1.82, 2.24) is 8.75 Å². The van der Waals surface area contributed by atoms with E-state index in [-0.39, 0.29) is 5.15 Å². The molecule has 0 bridgehead atoms. The molecule has 0 aliphatic carbocycles. The van der Waals surface area contributed by atoms with Gasteiger partial charge in [0.2, 0.25) is 5.15 Å². The molecule has 0 fully saturated rings. The number of nitrogens with zero attached hydrogens (tertiary/aromatic N) is 2. The Kier molecular flexibility index (Phi) is 3.20. The standard InChI is InChI=1S/C12H6BrClN2OS/c13-9-3-1-8-6-10(4-2-7(8)5-9)17-12-11(14)15-18-16-12/h1-6H. The fourth-order valence-electron chi connectivity index (χ4n) is 1.60. The predicted molar refractivity (Wildman–Crippen MR) is 76.6 cm³/mol. The van der Waals surface area contributed by atoms with Crippen molar-refractivity contribution < 1.29 is 4.74 Å². The van der Waals surface area contributed by atoms with Crippen LogP contribution in [0.4, 0.5) is 0 Å². The molecule has 18 heavy (non-hydrogen) atoms. The second kappa shape index (κ2) is 4.84. The van der Waals surface area contributed by atoms with Gasteiger partial charge in [-0.05, 0) is 35.0 Å². The maximum atomic E-state index is 5.83. The summed E-state index contributed by atoms with van der Waals surface area (Å²) in [5.74, 6) is 1.04. The second-order valence-electron chi connectivity index (χ2n) is 3.62. The van der Waals surface area contributed by atoms with Gasteiger partial charge in [0, 0.05) is 4.47 Å². The van der Waals surface area contributed by atoms with Gasteiger partial charge in [-0.25, -0.2) is 0 Å². The third-order valence-corrected chi connectivity index (χ3v) is 3.76. The van der Waals surface area contributed by atoms with E-state index in [1.54, 1.807) is 0 Å². The number of aromatic nitrogens is 2. The van der Waals surface area contributed by atoms with Crippen LogP contribution in [0, 0.1) is 0 Å². The van der Waals surface area contributed by atoms with Crippen molar-refractivity contribution in [3.05, 3.63) is 46.0 Å². The molecule has 0 saturated carbocycles. The Morgan fingerprint density at radius 1 is 1.06 bits per heavy atom. The van der Waals surface area contributed by atoms with Gasteiger partial charge in [-0.2, -0.15) is 4.37 Å². The lowest BCUT2D eigenvalue weighted by Gasteiger charge is -2.04. The van der Waals surface area contributed by atoms with Gasteiger partial charge < -0.3 is 4.74 Å². The van der Waals surface area contributed by atoms with Crippen molar-refractivity contribution in [2.45, 2.75) is 0 Å². The molecule has 90 valence electrons. The van der Waals surface area contributed by atoms with Crippen LogP contribution in [0.15, 0.2) is 40.9 Å². The zero-order chi connectivity index (χ0) is 12.5. The summed E-state index contributed by atoms with van der Waals surface area (Å²) in [5.41, 5.74) is 0. The van der Waals surface area contributed by atoms with E-state index in [1.807, 2.05) is 30.3 Å². The Labute approximate surface area is 121 Å². The third-order valence-electron chi connectivity index (χ3n) is 2.41. The Morgan fingerprint density at radius 3 is 2.61 bits per heavy atom. The van der Waals surface area contributed by atoms with Crippen molar-refractivity contribution in [1.29, 1.82) is 0 Å². The van der Waals surface area contributed by atoms with E-state index in [2.05, 4.69) is 30.7 Å². The van der Waals surface area contributed by atoms with Crippen LogP contribution >= 0.6 is 39.3 Å². The monoisotopic (exact) mass is 340 g/mol. The largest absolute Gasteiger partial charge is 0.436 e. The quantitative estimate of drug-likeness (QED) is 0.665. The Bertz CT molecular complexity index is 716. The van der Waals surface area contributed by atoms with Gasteiger partial charge >= 0.3 is 0 Å². The number of rotatable bonds is 2. The van der Waals surface area contributed by atoms with E-state index in [0.717, 1.165) is 27.0 Å². The van der Waals surface area contributed by atoms with Crippen LogP contribution in [0.5, 0.6) is 11.6 Å². The molecule has 0 radical (unpaired) electrons. The van der Waals surface area contributed by atoms with Gasteiger partial charge in [0.25, 0.3) is 5.88 Å². The first-order valence-corrected chi connectivity index (χ1v) is 6.98. The lowest BCUT2D eigenvalue weighted by atomic mass is 10.1. The minimum Gasteiger partial charge on any atom is -0.436 e. The van der Waals surface area contributed by atoms with Crippen LogP contribution in [0.2, 0.25) is 5.15 Å². The van der Waals surface area contributed by atoms with Crippen molar-refractivity contribution in [3.8, 4) is 11.6 Å². The van der Waals surface area contributed by atoms with Crippen molar-refractivity contribution >= 4 is 50.0 Å². The van der Waals surface area contributed by atoms with Gasteiger partial charge in [0.15, 0.2) is 0 Å². The zero-order valence-corrected chi connectivity index (χ0v) is 12.1. The summed E-state index contributed by atoms with van der Waals surface area (Å²) in [4.78, 5) is 0. The first kappa shape index (κ1) is 11.9. The fraction of sp³-hybridized carbons (Fsp3) is 0. The molecule has 6 heteroatoms. The fourth-order valence-corrected chi connectivity index (χ4v) is 2.59. The normalized spacial score (nSPS) is 10.8. The van der Waals surface area contributed by atoms with Crippen LogP contribution < -0.4 is 4.74 Å². The summed E-state index contributed by atoms with van der Waals surface area (Å²) in [6.07, 6.45) is 0. The van der Waals surface area contributed by atoms with Gasteiger partial charge in [0.05, 0.1) is 11.7 Å². The van der Waals surface area contributed by atoms with Crippen molar-refractivity contribution in [2.24, 2.45) is 0 Å². The van der Waals surface area contributed by atoms with Gasteiger partial charge in [-0.1, -0.05) is 39.7 Å². The van der Waals surface area contributed by atoms with E-state index in [9.17, 15) is 0 Å². The van der Waals surface area contributed by atoms with Gasteiger partial charge in [-0.15, -0.1) is 4.37 Å². The second-order valence-corrected chi connectivity index (χ2v) is 5.42.